The third-order valence-corrected chi connectivity index (χ3v) is 10.7. The molecule has 4 aromatic carbocycles. The van der Waals surface area contributed by atoms with Gasteiger partial charge in [-0.15, -0.1) is 0 Å². The van der Waals surface area contributed by atoms with E-state index in [0.717, 1.165) is 0 Å². The van der Waals surface area contributed by atoms with Gasteiger partial charge in [-0.1, -0.05) is 48.5 Å². The van der Waals surface area contributed by atoms with Crippen LogP contribution in [0.3, 0.4) is 0 Å². The van der Waals surface area contributed by atoms with Gasteiger partial charge in [-0.25, -0.2) is 0 Å². The molecule has 0 unspecified atom stereocenters. The Hall–Kier alpha value is -5.64. The Labute approximate surface area is 359 Å². The number of carbonyl (C=O) groups excluding carboxylic acids is 2. The molecule has 0 spiro atoms. The van der Waals surface area contributed by atoms with Crippen molar-refractivity contribution < 1.29 is 89.2 Å². The SMILES string of the molecule is O=C(O)Cc1cccc(-c2cc(O[C@H]3O[C@H](CO)[C@@H](O)[C@H](O)[C@@H]3O)cc(C(=O)CCCC(=O)c3cc(O[C@@H]4O[C@@H](CO)[C@H](O)[C@@H](O)[C@H]4O)cc(-c4cccc(CC(=O)O)c4)c3)c2)c1. The molecule has 2 fully saturated rings. The summed E-state index contributed by atoms with van der Waals surface area (Å²) in [5.41, 5.74) is 2.94. The average molecular weight is 877 g/mol. The molecule has 2 aliphatic heterocycles. The molecular weight excluding hydrogens is 828 g/mol. The first-order valence-corrected chi connectivity index (χ1v) is 20.0. The molecule has 4 aromatic rings. The van der Waals surface area contributed by atoms with Crippen molar-refractivity contribution >= 4 is 23.5 Å². The maximum absolute atomic E-state index is 13.8. The van der Waals surface area contributed by atoms with E-state index in [2.05, 4.69) is 0 Å². The van der Waals surface area contributed by atoms with E-state index in [4.69, 9.17) is 18.9 Å². The molecule has 336 valence electrons. The number of carboxylic acids is 2. The lowest BCUT2D eigenvalue weighted by molar-refractivity contribution is -0.277. The Kier molecular flexibility index (Phi) is 15.4. The van der Waals surface area contributed by atoms with Gasteiger partial charge in [0.1, 0.15) is 60.3 Å². The van der Waals surface area contributed by atoms with E-state index in [-0.39, 0.29) is 54.7 Å². The van der Waals surface area contributed by atoms with Gasteiger partial charge in [0.25, 0.3) is 0 Å². The number of aliphatic hydroxyl groups excluding tert-OH is 8. The minimum atomic E-state index is -1.76. The van der Waals surface area contributed by atoms with E-state index in [1.807, 2.05) is 0 Å². The maximum atomic E-state index is 13.8. The normalized spacial score (nSPS) is 25.8. The first-order chi connectivity index (χ1) is 30.0. The molecule has 63 heavy (non-hydrogen) atoms. The van der Waals surface area contributed by atoms with Crippen molar-refractivity contribution in [3.63, 3.8) is 0 Å². The predicted octanol–water partition coefficient (Wildman–Crippen LogP) is 0.868. The van der Waals surface area contributed by atoms with Gasteiger partial charge in [-0.05, 0) is 76.2 Å². The number of ketones is 2. The Balaban J connectivity index is 1.25. The number of carbonyl (C=O) groups is 4. The van der Waals surface area contributed by atoms with Crippen LogP contribution in [0.1, 0.15) is 51.1 Å². The second kappa shape index (κ2) is 20.7. The summed E-state index contributed by atoms with van der Waals surface area (Å²) in [6.07, 6.45) is -16.9. The average Bonchev–Trinajstić information content (AvgIpc) is 3.26. The molecule has 18 nitrogen and oxygen atoms in total. The van der Waals surface area contributed by atoms with Gasteiger partial charge in [-0.2, -0.15) is 0 Å². The first-order valence-electron chi connectivity index (χ1n) is 20.0. The van der Waals surface area contributed by atoms with Crippen molar-refractivity contribution in [2.45, 2.75) is 93.5 Å². The minimum absolute atomic E-state index is 0.0175. The highest BCUT2D eigenvalue weighted by Crippen LogP contribution is 2.33. The summed E-state index contributed by atoms with van der Waals surface area (Å²) in [6, 6.07) is 21.8. The van der Waals surface area contributed by atoms with Crippen molar-refractivity contribution in [2.75, 3.05) is 13.2 Å². The molecule has 0 saturated carbocycles. The first kappa shape index (κ1) is 46.9. The van der Waals surface area contributed by atoms with Gasteiger partial charge in [0.2, 0.25) is 12.6 Å². The van der Waals surface area contributed by atoms with Crippen LogP contribution in [0, 0.1) is 0 Å². The largest absolute Gasteiger partial charge is 0.481 e. The molecule has 2 heterocycles. The van der Waals surface area contributed by atoms with E-state index < -0.39 is 98.1 Å². The molecule has 0 aromatic heterocycles. The fourth-order valence-electron chi connectivity index (χ4n) is 7.36. The monoisotopic (exact) mass is 876 g/mol. The van der Waals surface area contributed by atoms with Crippen LogP contribution in [0.15, 0.2) is 84.9 Å². The molecule has 18 heteroatoms. The number of rotatable bonds is 18. The summed E-state index contributed by atoms with van der Waals surface area (Å²) in [7, 11) is 0. The third-order valence-electron chi connectivity index (χ3n) is 10.7. The lowest BCUT2D eigenvalue weighted by Gasteiger charge is -2.39. The van der Waals surface area contributed by atoms with Crippen LogP contribution in [0.25, 0.3) is 22.3 Å². The van der Waals surface area contributed by atoms with Crippen LogP contribution >= 0.6 is 0 Å². The van der Waals surface area contributed by atoms with Crippen molar-refractivity contribution in [3.8, 4) is 33.8 Å². The number of aliphatic carboxylic acids is 2. The zero-order chi connectivity index (χ0) is 45.5. The molecule has 10 atom stereocenters. The van der Waals surface area contributed by atoms with Gasteiger partial charge in [0.15, 0.2) is 11.6 Å². The summed E-state index contributed by atoms with van der Waals surface area (Å²) >= 11 is 0. The molecule has 0 bridgehead atoms. The molecule has 6 rings (SSSR count). The van der Waals surface area contributed by atoms with Crippen molar-refractivity contribution in [2.24, 2.45) is 0 Å². The summed E-state index contributed by atoms with van der Waals surface area (Å²) in [5.74, 6) is -3.05. The number of aliphatic hydroxyl groups is 8. The quantitative estimate of drug-likeness (QED) is 0.0620. The summed E-state index contributed by atoms with van der Waals surface area (Å²) < 4.78 is 22.8. The number of hydrogen-bond acceptors (Lipinski definition) is 16. The van der Waals surface area contributed by atoms with Gasteiger partial charge in [-0.3, -0.25) is 19.2 Å². The van der Waals surface area contributed by atoms with Crippen LogP contribution in [-0.4, -0.2) is 149 Å². The number of ether oxygens (including phenoxy) is 4. The Morgan fingerprint density at radius 1 is 0.492 bits per heavy atom. The van der Waals surface area contributed by atoms with E-state index in [1.165, 1.54) is 36.4 Å². The summed E-state index contributed by atoms with van der Waals surface area (Å²) in [4.78, 5) is 50.5. The van der Waals surface area contributed by atoms with Crippen molar-refractivity contribution in [1.82, 2.24) is 0 Å². The Bertz CT molecular complexity index is 2120. The van der Waals surface area contributed by atoms with Crippen LogP contribution in [0.4, 0.5) is 0 Å². The highest BCUT2D eigenvalue weighted by Gasteiger charge is 2.46. The lowest BCUT2D eigenvalue weighted by Crippen LogP contribution is -2.60. The summed E-state index contributed by atoms with van der Waals surface area (Å²) in [6.45, 7) is -1.42. The molecular formula is C45H48O18. The number of carboxylic acid groups (broad SMARTS) is 2. The van der Waals surface area contributed by atoms with E-state index >= 15 is 0 Å². The van der Waals surface area contributed by atoms with Gasteiger partial charge < -0.3 is 70.0 Å². The Morgan fingerprint density at radius 2 is 0.889 bits per heavy atom. The maximum Gasteiger partial charge on any atom is 0.307 e. The smallest absolute Gasteiger partial charge is 0.307 e. The highest BCUT2D eigenvalue weighted by atomic mass is 16.7. The third kappa shape index (κ3) is 11.5. The van der Waals surface area contributed by atoms with Crippen LogP contribution in [0.2, 0.25) is 0 Å². The summed E-state index contributed by atoms with van der Waals surface area (Å²) in [5, 5.41) is 100. The second-order valence-electron chi connectivity index (χ2n) is 15.4. The predicted molar refractivity (Wildman–Crippen MR) is 218 cm³/mol. The van der Waals surface area contributed by atoms with Crippen LogP contribution in [-0.2, 0) is 31.9 Å². The van der Waals surface area contributed by atoms with E-state index in [1.54, 1.807) is 48.5 Å². The number of benzene rings is 4. The zero-order valence-electron chi connectivity index (χ0n) is 33.5. The standard InChI is InChI=1S/C45H48O18/c46-20-34-38(54)40(56)42(58)44(62-34)60-30-16-26(24-6-1-4-22(10-24)12-36(50)51)14-28(18-30)32(48)8-3-9-33(49)29-15-27(25-7-2-5-23(11-25)13-37(52)53)17-31(19-29)61-45-43(59)41(57)39(55)35(21-47)63-45/h1-2,4-7,10-11,14-19,34-35,38-47,54-59H,3,8-9,12-13,20-21H2,(H,50,51)(H,52,53)/t34-,35+,38-,39+,40+,41-,42+,43-,44+,45-. The van der Waals surface area contributed by atoms with Crippen molar-refractivity contribution in [1.29, 1.82) is 0 Å². The molecule has 0 radical (unpaired) electrons. The fourth-order valence-corrected chi connectivity index (χ4v) is 7.36. The van der Waals surface area contributed by atoms with E-state index in [0.29, 0.717) is 33.4 Å². The molecule has 10 N–H and O–H groups in total. The van der Waals surface area contributed by atoms with E-state index in [9.17, 15) is 70.2 Å². The van der Waals surface area contributed by atoms with Crippen LogP contribution in [0.5, 0.6) is 11.5 Å². The Morgan fingerprint density at radius 3 is 1.25 bits per heavy atom. The van der Waals surface area contributed by atoms with Crippen molar-refractivity contribution in [3.05, 3.63) is 107 Å². The molecule has 2 saturated heterocycles. The molecule has 0 amide bonds. The zero-order valence-corrected chi connectivity index (χ0v) is 33.5. The number of Topliss-reactive ketones (excluding diaryl/α,β-unsaturated/α-hetero) is 2. The minimum Gasteiger partial charge on any atom is -0.481 e. The fraction of sp³-hybridized carbons (Fsp3) is 0.378. The van der Waals surface area contributed by atoms with Gasteiger partial charge >= 0.3 is 11.9 Å². The number of hydrogen-bond donors (Lipinski definition) is 10. The molecule has 2 aliphatic rings. The molecule has 0 aliphatic carbocycles. The van der Waals surface area contributed by atoms with Crippen LogP contribution < -0.4 is 9.47 Å². The second-order valence-corrected chi connectivity index (χ2v) is 15.4. The topological polar surface area (TPSA) is 307 Å². The van der Waals surface area contributed by atoms with Gasteiger partial charge in [0, 0.05) is 24.0 Å². The highest BCUT2D eigenvalue weighted by molar-refractivity contribution is 6.00. The van der Waals surface area contributed by atoms with Gasteiger partial charge in [0.05, 0.1) is 26.1 Å². The lowest BCUT2D eigenvalue weighted by atomic mass is 9.95.